The summed E-state index contributed by atoms with van der Waals surface area (Å²) in [6.45, 7) is 0. The van der Waals surface area contributed by atoms with Crippen LogP contribution in [0.5, 0.6) is 0 Å². The van der Waals surface area contributed by atoms with E-state index in [1.165, 1.54) is 18.3 Å². The van der Waals surface area contributed by atoms with Crippen molar-refractivity contribution < 1.29 is 19.1 Å². The normalized spacial score (nSPS) is 10.3. The number of carboxylic acid groups (broad SMARTS) is 1. The number of anilines is 1. The van der Waals surface area contributed by atoms with Gasteiger partial charge in [0.15, 0.2) is 11.5 Å². The number of nitriles is 1. The number of amides is 1. The van der Waals surface area contributed by atoms with Crippen LogP contribution in [-0.4, -0.2) is 26.6 Å². The molecule has 1 aromatic carbocycles. The molecule has 0 unspecified atom stereocenters. The summed E-state index contributed by atoms with van der Waals surface area (Å²) in [4.78, 5) is 23.4. The molecule has 8 nitrogen and oxygen atoms in total. The number of hydrogen-bond donors (Lipinski definition) is 1. The van der Waals surface area contributed by atoms with Gasteiger partial charge in [0.1, 0.15) is 11.9 Å². The van der Waals surface area contributed by atoms with Gasteiger partial charge in [0.25, 0.3) is 5.91 Å². The van der Waals surface area contributed by atoms with E-state index in [2.05, 4.69) is 15.5 Å². The van der Waals surface area contributed by atoms with Crippen LogP contribution < -0.4 is 10.4 Å². The first kappa shape index (κ1) is 18.0. The number of hydrogen-bond acceptors (Lipinski definition) is 6. The van der Waals surface area contributed by atoms with Crippen LogP contribution in [0.15, 0.2) is 42.7 Å². The lowest BCUT2D eigenvalue weighted by molar-refractivity contribution is -0.254. The quantitative estimate of drug-likeness (QED) is 0.727. The summed E-state index contributed by atoms with van der Waals surface area (Å²) >= 11 is 5.63. The molecule has 1 N–H and O–H groups in total. The summed E-state index contributed by atoms with van der Waals surface area (Å²) in [7, 11) is 0. The molecule has 0 aliphatic carbocycles. The maximum atomic E-state index is 13.4. The van der Waals surface area contributed by atoms with Gasteiger partial charge in [-0.2, -0.15) is 5.26 Å². The smallest absolute Gasteiger partial charge is 0.276 e. The van der Waals surface area contributed by atoms with Crippen LogP contribution in [0, 0.1) is 17.1 Å². The molecule has 2 heterocycles. The van der Waals surface area contributed by atoms with E-state index in [0.717, 1.165) is 6.07 Å². The van der Waals surface area contributed by atoms with Crippen molar-refractivity contribution >= 4 is 29.2 Å². The lowest BCUT2D eigenvalue weighted by atomic mass is 10.1. The monoisotopic (exact) mass is 384 g/mol. The molecule has 10 heteroatoms. The SMILES string of the molecule is N#Cc1ccn(-c2ccc(C(=O)Nc3cc(Cl)c(F)cc3C(=O)[O-])nn2)c1. The van der Waals surface area contributed by atoms with E-state index in [4.69, 9.17) is 16.9 Å². The number of aromatic nitrogens is 3. The molecule has 0 saturated heterocycles. The third-order valence-electron chi connectivity index (χ3n) is 3.50. The average molecular weight is 385 g/mol. The topological polar surface area (TPSA) is 124 Å². The van der Waals surface area contributed by atoms with Crippen LogP contribution >= 0.6 is 11.6 Å². The van der Waals surface area contributed by atoms with E-state index in [1.807, 2.05) is 6.07 Å². The first-order chi connectivity index (χ1) is 12.9. The van der Waals surface area contributed by atoms with Gasteiger partial charge in [-0.1, -0.05) is 11.6 Å². The number of halogens is 2. The largest absolute Gasteiger partial charge is 0.545 e. The minimum absolute atomic E-state index is 0.115. The average Bonchev–Trinajstić information content (AvgIpc) is 3.13. The number of carboxylic acids is 1. The summed E-state index contributed by atoms with van der Waals surface area (Å²) < 4.78 is 15.0. The van der Waals surface area contributed by atoms with Crippen molar-refractivity contribution in [2.75, 3.05) is 5.32 Å². The zero-order valence-electron chi connectivity index (χ0n) is 13.3. The molecule has 3 aromatic rings. The van der Waals surface area contributed by atoms with E-state index in [-0.39, 0.29) is 16.4 Å². The van der Waals surface area contributed by atoms with E-state index < -0.39 is 23.3 Å². The van der Waals surface area contributed by atoms with Crippen molar-refractivity contribution in [3.05, 3.63) is 70.4 Å². The number of carbonyl (C=O) groups excluding carboxylic acids is 2. The van der Waals surface area contributed by atoms with Gasteiger partial charge in [-0.05, 0) is 30.3 Å². The maximum absolute atomic E-state index is 13.4. The Labute approximate surface area is 156 Å². The standard InChI is InChI=1S/C17H9ClFN5O3/c18-11-6-14(10(17(26)27)5-12(11)19)21-16(25)13-1-2-15(23-22-13)24-4-3-9(7-20)8-24/h1-6,8H,(H,21,25)(H,26,27)/p-1. The summed E-state index contributed by atoms with van der Waals surface area (Å²) in [5.41, 5.74) is -0.481. The lowest BCUT2D eigenvalue weighted by Gasteiger charge is -2.12. The lowest BCUT2D eigenvalue weighted by Crippen LogP contribution is -2.25. The van der Waals surface area contributed by atoms with Gasteiger partial charge >= 0.3 is 0 Å². The molecule has 27 heavy (non-hydrogen) atoms. The highest BCUT2D eigenvalue weighted by atomic mass is 35.5. The van der Waals surface area contributed by atoms with Crippen LogP contribution in [0.2, 0.25) is 5.02 Å². The Morgan fingerprint density at radius 2 is 2.04 bits per heavy atom. The molecule has 0 saturated carbocycles. The second-order valence-corrected chi connectivity index (χ2v) is 5.66. The number of benzene rings is 1. The highest BCUT2D eigenvalue weighted by Crippen LogP contribution is 2.24. The molecule has 0 spiro atoms. The van der Waals surface area contributed by atoms with Gasteiger partial charge in [-0.25, -0.2) is 4.39 Å². The van der Waals surface area contributed by atoms with Gasteiger partial charge < -0.3 is 19.8 Å². The summed E-state index contributed by atoms with van der Waals surface area (Å²) in [6, 6.07) is 8.02. The van der Waals surface area contributed by atoms with Crippen molar-refractivity contribution in [2.24, 2.45) is 0 Å². The zero-order chi connectivity index (χ0) is 19.6. The minimum Gasteiger partial charge on any atom is -0.545 e. The second-order valence-electron chi connectivity index (χ2n) is 5.25. The number of nitrogens with zero attached hydrogens (tertiary/aromatic N) is 4. The molecule has 134 valence electrons. The Hall–Kier alpha value is -3.77. The molecule has 0 aliphatic heterocycles. The van der Waals surface area contributed by atoms with Crippen molar-refractivity contribution in [3.63, 3.8) is 0 Å². The van der Waals surface area contributed by atoms with E-state index in [0.29, 0.717) is 17.4 Å². The van der Waals surface area contributed by atoms with Crippen LogP contribution in [0.3, 0.4) is 0 Å². The van der Waals surface area contributed by atoms with Gasteiger partial charge in [0.2, 0.25) is 0 Å². The van der Waals surface area contributed by atoms with Crippen LogP contribution in [0.25, 0.3) is 5.82 Å². The van der Waals surface area contributed by atoms with Crippen LogP contribution in [0.1, 0.15) is 26.4 Å². The van der Waals surface area contributed by atoms with Crippen molar-refractivity contribution in [1.82, 2.24) is 14.8 Å². The third-order valence-corrected chi connectivity index (χ3v) is 3.79. The second kappa shape index (κ2) is 7.23. The van der Waals surface area contributed by atoms with E-state index in [1.54, 1.807) is 16.8 Å². The van der Waals surface area contributed by atoms with Gasteiger partial charge in [0.05, 0.1) is 22.2 Å². The Morgan fingerprint density at radius 3 is 2.63 bits per heavy atom. The van der Waals surface area contributed by atoms with Crippen molar-refractivity contribution in [2.45, 2.75) is 0 Å². The Bertz CT molecular complexity index is 1090. The number of rotatable bonds is 4. The predicted octanol–water partition coefficient (Wildman–Crippen LogP) is 1.55. The predicted molar refractivity (Wildman–Crippen MR) is 89.8 cm³/mol. The molecule has 1 amide bonds. The summed E-state index contributed by atoms with van der Waals surface area (Å²) in [5, 5.41) is 29.5. The molecule has 0 atom stereocenters. The van der Waals surface area contributed by atoms with E-state index >= 15 is 0 Å². The third kappa shape index (κ3) is 3.75. The highest BCUT2D eigenvalue weighted by molar-refractivity contribution is 6.31. The van der Waals surface area contributed by atoms with Crippen LogP contribution in [-0.2, 0) is 0 Å². The number of aromatic carboxylic acids is 1. The number of nitrogens with one attached hydrogen (secondary N) is 1. The molecule has 0 bridgehead atoms. The van der Waals surface area contributed by atoms with Crippen molar-refractivity contribution in [1.29, 1.82) is 5.26 Å². The molecular weight excluding hydrogens is 377 g/mol. The fourth-order valence-corrected chi connectivity index (χ4v) is 2.36. The van der Waals surface area contributed by atoms with Crippen molar-refractivity contribution in [3.8, 4) is 11.9 Å². The fourth-order valence-electron chi connectivity index (χ4n) is 2.19. The summed E-state index contributed by atoms with van der Waals surface area (Å²) in [5.74, 6) is -3.04. The maximum Gasteiger partial charge on any atom is 0.276 e. The Balaban J connectivity index is 1.84. The molecule has 0 fully saturated rings. The first-order valence-electron chi connectivity index (χ1n) is 7.33. The van der Waals surface area contributed by atoms with Crippen LogP contribution in [0.4, 0.5) is 10.1 Å². The molecular formula is C17H8ClFN5O3-. The minimum atomic E-state index is -1.68. The molecule has 3 rings (SSSR count). The molecule has 2 aromatic heterocycles. The van der Waals surface area contributed by atoms with Gasteiger partial charge in [-0.15, -0.1) is 10.2 Å². The zero-order valence-corrected chi connectivity index (χ0v) is 14.1. The highest BCUT2D eigenvalue weighted by Gasteiger charge is 2.15. The van der Waals surface area contributed by atoms with Gasteiger partial charge in [-0.3, -0.25) is 4.79 Å². The first-order valence-corrected chi connectivity index (χ1v) is 7.71. The molecule has 0 radical (unpaired) electrons. The van der Waals surface area contributed by atoms with E-state index in [9.17, 15) is 19.1 Å². The molecule has 0 aliphatic rings. The Morgan fingerprint density at radius 1 is 1.26 bits per heavy atom. The fraction of sp³-hybridized carbons (Fsp3) is 0. The van der Waals surface area contributed by atoms with Gasteiger partial charge in [0, 0.05) is 18.0 Å². The Kier molecular flexibility index (Phi) is 4.83. The summed E-state index contributed by atoms with van der Waals surface area (Å²) in [6.07, 6.45) is 3.14. The number of carbonyl (C=O) groups is 2.